The molecule has 0 aromatic carbocycles. The van der Waals surface area contributed by atoms with Crippen molar-refractivity contribution in [3.05, 3.63) is 0 Å². The Balaban J connectivity index is 2.92. The monoisotopic (exact) mass is 92.0 g/mol. The Labute approximate surface area is 33.4 Å². The zero-order valence-electron chi connectivity index (χ0n) is 2.22. The summed E-state index contributed by atoms with van der Waals surface area (Å²) in [6.45, 7) is 0. The molecule has 0 radical (unpaired) electrons. The van der Waals surface area contributed by atoms with Gasteiger partial charge < -0.3 is 0 Å². The van der Waals surface area contributed by atoms with Gasteiger partial charge in [-0.05, 0) is 10.4 Å². The molecular weight excluding hydrogens is 91.5 g/mol. The number of hydrogen-bond acceptors (Lipinski definition) is 2. The summed E-state index contributed by atoms with van der Waals surface area (Å²) >= 11 is 4.55. The second-order valence-electron chi connectivity index (χ2n) is 0.265. The molecule has 0 aliphatic carbocycles. The predicted octanol–water partition coefficient (Wildman–Crippen LogP) is 1.54. The van der Waals surface area contributed by atoms with Crippen LogP contribution in [0.2, 0.25) is 0 Å². The number of nitrogens with zero attached hydrogens (tertiary/aromatic N) is 3. The molecule has 0 atom stereocenters. The van der Waals surface area contributed by atoms with E-state index in [0.29, 0.717) is 0 Å². The molecule has 0 aromatic heterocycles. The van der Waals surface area contributed by atoms with Gasteiger partial charge in [0.25, 0.3) is 0 Å². The summed E-state index contributed by atoms with van der Waals surface area (Å²) in [5.74, 6) is 0. The van der Waals surface area contributed by atoms with Crippen molar-refractivity contribution in [2.75, 3.05) is 0 Å². The highest BCUT2D eigenvalue weighted by Crippen LogP contribution is 1.76. The first-order chi connectivity index (χ1) is 2.41. The summed E-state index contributed by atoms with van der Waals surface area (Å²) in [6, 6.07) is 0. The van der Waals surface area contributed by atoms with Gasteiger partial charge >= 0.3 is 0 Å². The van der Waals surface area contributed by atoms with Crippen molar-refractivity contribution in [2.24, 2.45) is 15.1 Å². The predicted molar refractivity (Wildman–Crippen MR) is 15.9 cm³/mol. The van der Waals surface area contributed by atoms with Crippen LogP contribution in [-0.2, 0) is 0 Å². The quantitative estimate of drug-likeness (QED) is 0.377. The molecule has 0 saturated carbocycles. The maximum Gasteiger partial charge on any atom is 0.0622 e. The van der Waals surface area contributed by atoms with Crippen LogP contribution in [0.15, 0.2) is 15.1 Å². The molecule has 0 heterocycles. The molecule has 0 saturated heterocycles. The smallest absolute Gasteiger partial charge is 0.0622 e. The normalized spacial score (nSPS) is 9.00. The van der Waals surface area contributed by atoms with Crippen molar-refractivity contribution >= 4 is 11.8 Å². The van der Waals surface area contributed by atoms with Crippen molar-refractivity contribution < 1.29 is 0 Å². The zero-order valence-corrected chi connectivity index (χ0v) is 2.98. The van der Waals surface area contributed by atoms with E-state index in [9.17, 15) is 0 Å². The van der Waals surface area contributed by atoms with Gasteiger partial charge in [0.2, 0.25) is 0 Å². The third-order valence-electron chi connectivity index (χ3n) is 0.0785. The molecule has 0 rings (SSSR count). The molecule has 0 aliphatic heterocycles. The van der Waals surface area contributed by atoms with Crippen LogP contribution < -0.4 is 0 Å². The molecule has 0 unspecified atom stereocenters. The first kappa shape index (κ1) is 4.49. The molecule has 5 heavy (non-hydrogen) atoms. The fourth-order valence-electron chi connectivity index (χ4n) is 0.0169. The van der Waals surface area contributed by atoms with Gasteiger partial charge in [-0.25, -0.2) is 0 Å². The van der Waals surface area contributed by atoms with Crippen molar-refractivity contribution in [3.63, 3.8) is 0 Å². The number of nitrogens with one attached hydrogen (secondary N) is 1. The van der Waals surface area contributed by atoms with E-state index in [0.717, 1.165) is 0 Å². The minimum atomic E-state index is 2.43. The van der Waals surface area contributed by atoms with Gasteiger partial charge in [-0.2, -0.15) is 5.53 Å². The molecular formula is HClN4. The standard InChI is InChI=1S/ClHN4/c1-3-5-4-2/h2H/b4-2?,5-3-. The van der Waals surface area contributed by atoms with E-state index in [1.165, 1.54) is 0 Å². The Bertz CT molecular complexity index is 45.6. The van der Waals surface area contributed by atoms with Gasteiger partial charge in [-0.15, -0.1) is 0 Å². The average Bonchev–Trinajstić information content (AvgIpc) is 1.41. The fourth-order valence-corrected chi connectivity index (χ4v) is 0.0507. The van der Waals surface area contributed by atoms with Crippen molar-refractivity contribution in [2.45, 2.75) is 0 Å². The van der Waals surface area contributed by atoms with E-state index < -0.39 is 0 Å². The Morgan fingerprint density at radius 1 is 1.60 bits per heavy atom. The second-order valence-corrected chi connectivity index (χ2v) is 0.416. The van der Waals surface area contributed by atoms with Crippen molar-refractivity contribution in [1.82, 2.24) is 0 Å². The molecule has 1 N–H and O–H groups in total. The first-order valence-corrected chi connectivity index (χ1v) is 1.13. The first-order valence-electron chi connectivity index (χ1n) is 0.793. The van der Waals surface area contributed by atoms with Crippen LogP contribution in [-0.4, -0.2) is 0 Å². The maximum atomic E-state index is 5.88. The summed E-state index contributed by atoms with van der Waals surface area (Å²) in [5, 5.41) is 5.08. The van der Waals surface area contributed by atoms with Crippen molar-refractivity contribution in [3.8, 4) is 0 Å². The minimum Gasteiger partial charge on any atom is -0.183 e. The van der Waals surface area contributed by atoms with E-state index in [4.69, 9.17) is 5.53 Å². The SMILES string of the molecule is N=N/N=N\Cl. The summed E-state index contributed by atoms with van der Waals surface area (Å²) in [4.78, 5) is 0. The van der Waals surface area contributed by atoms with E-state index in [-0.39, 0.29) is 0 Å². The van der Waals surface area contributed by atoms with Crippen LogP contribution >= 0.6 is 11.8 Å². The van der Waals surface area contributed by atoms with Gasteiger partial charge in [-0.3, -0.25) is 0 Å². The molecule has 0 amide bonds. The van der Waals surface area contributed by atoms with Crippen LogP contribution in [0.4, 0.5) is 0 Å². The third kappa shape index (κ3) is 3.49. The highest BCUT2D eigenvalue weighted by molar-refractivity contribution is 6.13. The fraction of sp³-hybridized carbons (Fsp3) is 0. The topological polar surface area (TPSA) is 60.9 Å². The van der Waals surface area contributed by atoms with Crippen molar-refractivity contribution in [1.29, 1.82) is 5.53 Å². The highest BCUT2D eigenvalue weighted by atomic mass is 35.5. The Kier molecular flexibility index (Phi) is 3.13. The van der Waals surface area contributed by atoms with E-state index >= 15 is 0 Å². The lowest BCUT2D eigenvalue weighted by molar-refractivity contribution is 0.929. The molecule has 0 fully saturated rings. The highest BCUT2D eigenvalue weighted by Gasteiger charge is 1.46. The summed E-state index contributed by atoms with van der Waals surface area (Å²) in [6.07, 6.45) is 0. The summed E-state index contributed by atoms with van der Waals surface area (Å²) in [7, 11) is 0. The largest absolute Gasteiger partial charge is 0.183 e. The van der Waals surface area contributed by atoms with E-state index in [1.54, 1.807) is 0 Å². The molecule has 0 aromatic rings. The molecule has 0 spiro atoms. The molecule has 4 nitrogen and oxygen atoms in total. The Morgan fingerprint density at radius 2 is 2.20 bits per heavy atom. The molecule has 0 bridgehead atoms. The molecule has 0 aliphatic rings. The Morgan fingerprint density at radius 3 is 2.20 bits per heavy atom. The maximum absolute atomic E-state index is 5.88. The lowest BCUT2D eigenvalue weighted by atomic mass is 12.6. The number of hydrogen-bond donors (Lipinski definition) is 1. The lowest BCUT2D eigenvalue weighted by Gasteiger charge is -1.51. The van der Waals surface area contributed by atoms with Crippen LogP contribution in [0.25, 0.3) is 0 Å². The number of halogens is 1. The van der Waals surface area contributed by atoms with Gasteiger partial charge in [0, 0.05) is 0 Å². The third-order valence-corrected chi connectivity index (χ3v) is 0.146. The molecule has 28 valence electrons. The van der Waals surface area contributed by atoms with Crippen LogP contribution in [0.5, 0.6) is 0 Å². The van der Waals surface area contributed by atoms with E-state index in [1.807, 2.05) is 0 Å². The van der Waals surface area contributed by atoms with E-state index in [2.05, 4.69) is 26.9 Å². The lowest BCUT2D eigenvalue weighted by Crippen LogP contribution is -1.27. The second kappa shape index (κ2) is 3.49. The van der Waals surface area contributed by atoms with Gasteiger partial charge in [0.05, 0.1) is 11.8 Å². The van der Waals surface area contributed by atoms with Crippen LogP contribution in [0, 0.1) is 5.53 Å². The summed E-state index contributed by atoms with van der Waals surface area (Å²) < 4.78 is 2.60. The molecule has 5 heteroatoms. The Hall–Kier alpha value is -0.510. The van der Waals surface area contributed by atoms with Gasteiger partial charge in [-0.1, -0.05) is 4.63 Å². The zero-order chi connectivity index (χ0) is 4.12. The minimum absolute atomic E-state index is 2.43. The van der Waals surface area contributed by atoms with Crippen LogP contribution in [0.3, 0.4) is 0 Å². The average molecular weight is 92.5 g/mol. The summed E-state index contributed by atoms with van der Waals surface area (Å²) in [5.41, 5.74) is 5.88. The van der Waals surface area contributed by atoms with Crippen LogP contribution in [0.1, 0.15) is 0 Å². The number of rotatable bonds is 1. The van der Waals surface area contributed by atoms with Gasteiger partial charge in [0.15, 0.2) is 0 Å². The van der Waals surface area contributed by atoms with Gasteiger partial charge in [0.1, 0.15) is 0 Å².